The van der Waals surface area contributed by atoms with Gasteiger partial charge in [0.05, 0.1) is 24.0 Å². The molecule has 1 aliphatic heterocycles. The maximum absolute atomic E-state index is 12.1. The molecule has 1 amide bonds. The lowest BCUT2D eigenvalue weighted by atomic mass is 10.1. The fourth-order valence-corrected chi connectivity index (χ4v) is 3.57. The third kappa shape index (κ3) is 7.48. The van der Waals surface area contributed by atoms with Crippen molar-refractivity contribution in [3.63, 3.8) is 0 Å². The Bertz CT molecular complexity index is 607. The molecule has 1 aromatic carbocycles. The molecule has 1 saturated heterocycles. The van der Waals surface area contributed by atoms with E-state index in [2.05, 4.69) is 10.3 Å². The Morgan fingerprint density at radius 3 is 2.62 bits per heavy atom. The SMILES string of the molecule is CCOC(=O)N1CCC(NC(N)=NCCS(=O)c2ccccc2)CC1.I. The van der Waals surface area contributed by atoms with Gasteiger partial charge in [0, 0.05) is 29.8 Å². The second-order valence-electron chi connectivity index (χ2n) is 5.73. The number of halogens is 1. The number of nitrogens with two attached hydrogens (primary N) is 1. The van der Waals surface area contributed by atoms with Crippen LogP contribution in [0.3, 0.4) is 0 Å². The summed E-state index contributed by atoms with van der Waals surface area (Å²) in [5.74, 6) is 0.799. The van der Waals surface area contributed by atoms with Crippen LogP contribution in [0.5, 0.6) is 0 Å². The van der Waals surface area contributed by atoms with Gasteiger partial charge in [-0.15, -0.1) is 24.0 Å². The van der Waals surface area contributed by atoms with E-state index in [9.17, 15) is 9.00 Å². The number of nitrogens with zero attached hydrogens (tertiary/aromatic N) is 2. The molecule has 1 atom stereocenters. The van der Waals surface area contributed by atoms with Crippen molar-refractivity contribution in [1.82, 2.24) is 10.2 Å². The molecule has 1 fully saturated rings. The molecule has 0 spiro atoms. The Kier molecular flexibility index (Phi) is 10.6. The van der Waals surface area contributed by atoms with E-state index in [4.69, 9.17) is 10.5 Å². The summed E-state index contributed by atoms with van der Waals surface area (Å²) in [7, 11) is -1.07. The summed E-state index contributed by atoms with van der Waals surface area (Å²) in [6.45, 7) is 3.88. The quantitative estimate of drug-likeness (QED) is 0.358. The number of hydrogen-bond donors (Lipinski definition) is 2. The van der Waals surface area contributed by atoms with Gasteiger partial charge < -0.3 is 20.7 Å². The predicted octanol–water partition coefficient (Wildman–Crippen LogP) is 1.94. The van der Waals surface area contributed by atoms with Gasteiger partial charge in [-0.1, -0.05) is 18.2 Å². The van der Waals surface area contributed by atoms with Crippen LogP contribution in [-0.2, 0) is 15.5 Å². The van der Waals surface area contributed by atoms with E-state index in [-0.39, 0.29) is 36.1 Å². The third-order valence-electron chi connectivity index (χ3n) is 3.94. The van der Waals surface area contributed by atoms with Gasteiger partial charge in [0.2, 0.25) is 0 Å². The number of likely N-dealkylation sites (tertiary alicyclic amines) is 1. The maximum Gasteiger partial charge on any atom is 0.409 e. The number of aliphatic imine (C=N–C) groups is 1. The highest BCUT2D eigenvalue weighted by Crippen LogP contribution is 2.11. The summed E-state index contributed by atoms with van der Waals surface area (Å²) in [5, 5.41) is 3.17. The van der Waals surface area contributed by atoms with Crippen LogP contribution in [-0.4, -0.2) is 59.2 Å². The molecule has 1 unspecified atom stereocenters. The lowest BCUT2D eigenvalue weighted by Crippen LogP contribution is -2.48. The van der Waals surface area contributed by atoms with Gasteiger partial charge in [0.1, 0.15) is 0 Å². The van der Waals surface area contributed by atoms with Gasteiger partial charge in [-0.25, -0.2) is 4.79 Å². The maximum atomic E-state index is 12.1. The molecule has 7 nitrogen and oxygen atoms in total. The van der Waals surface area contributed by atoms with Crippen molar-refractivity contribution in [2.24, 2.45) is 10.7 Å². The highest BCUT2D eigenvalue weighted by atomic mass is 127. The number of benzene rings is 1. The van der Waals surface area contributed by atoms with Gasteiger partial charge in [0.15, 0.2) is 5.96 Å². The summed E-state index contributed by atoms with van der Waals surface area (Å²) < 4.78 is 17.1. The lowest BCUT2D eigenvalue weighted by molar-refractivity contribution is 0.0963. The van der Waals surface area contributed by atoms with Crippen molar-refractivity contribution >= 4 is 46.8 Å². The van der Waals surface area contributed by atoms with Crippen molar-refractivity contribution in [2.75, 3.05) is 32.0 Å². The van der Waals surface area contributed by atoms with Gasteiger partial charge in [-0.05, 0) is 31.9 Å². The minimum atomic E-state index is -1.07. The number of ether oxygens (including phenoxy) is 1. The number of piperidine rings is 1. The molecule has 2 rings (SSSR count). The van der Waals surface area contributed by atoms with Crippen molar-refractivity contribution < 1.29 is 13.7 Å². The monoisotopic (exact) mass is 494 g/mol. The molecule has 26 heavy (non-hydrogen) atoms. The fraction of sp³-hybridized carbons (Fsp3) is 0.529. The molecule has 1 heterocycles. The summed E-state index contributed by atoms with van der Waals surface area (Å²) in [4.78, 5) is 18.4. The Balaban J connectivity index is 0.00000338. The van der Waals surface area contributed by atoms with Gasteiger partial charge in [0.25, 0.3) is 0 Å². The van der Waals surface area contributed by atoms with Gasteiger partial charge in [-0.3, -0.25) is 9.20 Å². The lowest BCUT2D eigenvalue weighted by Gasteiger charge is -2.31. The molecule has 0 aromatic heterocycles. The first-order chi connectivity index (χ1) is 12.1. The molecule has 3 N–H and O–H groups in total. The van der Waals surface area contributed by atoms with Crippen LogP contribution in [0.25, 0.3) is 0 Å². The summed E-state index contributed by atoms with van der Waals surface area (Å²) in [5.41, 5.74) is 5.91. The van der Waals surface area contributed by atoms with E-state index < -0.39 is 10.8 Å². The zero-order valence-electron chi connectivity index (χ0n) is 14.9. The van der Waals surface area contributed by atoms with E-state index in [1.54, 1.807) is 11.8 Å². The Hall–Kier alpha value is -1.36. The van der Waals surface area contributed by atoms with Crippen molar-refractivity contribution in [3.8, 4) is 0 Å². The van der Waals surface area contributed by atoms with Gasteiger partial charge >= 0.3 is 6.09 Å². The number of carbonyl (C=O) groups is 1. The average molecular weight is 494 g/mol. The Labute approximate surface area is 174 Å². The first kappa shape index (κ1) is 22.7. The minimum absolute atomic E-state index is 0. The molecule has 1 aromatic rings. The average Bonchev–Trinajstić information content (AvgIpc) is 2.63. The number of guanidine groups is 1. The number of nitrogens with one attached hydrogen (secondary N) is 1. The zero-order chi connectivity index (χ0) is 18.1. The van der Waals surface area contributed by atoms with Crippen LogP contribution in [0.1, 0.15) is 19.8 Å². The zero-order valence-corrected chi connectivity index (χ0v) is 18.1. The van der Waals surface area contributed by atoms with E-state index in [0.717, 1.165) is 17.7 Å². The summed E-state index contributed by atoms with van der Waals surface area (Å²) in [6.07, 6.45) is 1.33. The van der Waals surface area contributed by atoms with Crippen molar-refractivity contribution in [3.05, 3.63) is 30.3 Å². The number of rotatable bonds is 6. The summed E-state index contributed by atoms with van der Waals surface area (Å²) >= 11 is 0. The van der Waals surface area contributed by atoms with Crippen molar-refractivity contribution in [2.45, 2.75) is 30.7 Å². The van der Waals surface area contributed by atoms with E-state index in [0.29, 0.717) is 38.0 Å². The highest BCUT2D eigenvalue weighted by Gasteiger charge is 2.23. The molecule has 146 valence electrons. The standard InChI is InChI=1S/C17H26N4O3S.HI/c1-2-24-17(22)21-11-8-14(9-12-21)20-16(18)19-10-13-25(23)15-6-4-3-5-7-15;/h3-7,14H,2,8-13H2,1H3,(H3,18,19,20);1H. The van der Waals surface area contributed by atoms with E-state index in [1.807, 2.05) is 30.3 Å². The molecule has 0 aliphatic carbocycles. The molecular weight excluding hydrogens is 467 g/mol. The topological polar surface area (TPSA) is 97.0 Å². The second-order valence-corrected chi connectivity index (χ2v) is 7.30. The normalized spacial score (nSPS) is 16.5. The molecule has 0 saturated carbocycles. The first-order valence-electron chi connectivity index (χ1n) is 8.51. The third-order valence-corrected chi connectivity index (χ3v) is 5.29. The van der Waals surface area contributed by atoms with Crippen LogP contribution in [0, 0.1) is 0 Å². The molecule has 0 bridgehead atoms. The Morgan fingerprint density at radius 1 is 1.35 bits per heavy atom. The molecule has 1 aliphatic rings. The number of carbonyl (C=O) groups excluding carboxylic acids is 1. The number of amides is 1. The second kappa shape index (κ2) is 12.1. The van der Waals surface area contributed by atoms with Crippen LogP contribution >= 0.6 is 24.0 Å². The van der Waals surface area contributed by atoms with Gasteiger partial charge in [-0.2, -0.15) is 0 Å². The molecular formula is C17H27IN4O3S. The van der Waals surface area contributed by atoms with Crippen LogP contribution in [0.2, 0.25) is 0 Å². The molecule has 9 heteroatoms. The predicted molar refractivity (Wildman–Crippen MR) is 114 cm³/mol. The Morgan fingerprint density at radius 2 is 2.00 bits per heavy atom. The number of hydrogen-bond acceptors (Lipinski definition) is 4. The summed E-state index contributed by atoms with van der Waals surface area (Å²) in [6, 6.07) is 9.52. The minimum Gasteiger partial charge on any atom is -0.450 e. The van der Waals surface area contributed by atoms with Crippen molar-refractivity contribution in [1.29, 1.82) is 0 Å². The largest absolute Gasteiger partial charge is 0.450 e. The van der Waals surface area contributed by atoms with E-state index in [1.165, 1.54) is 0 Å². The smallest absolute Gasteiger partial charge is 0.409 e. The fourth-order valence-electron chi connectivity index (χ4n) is 2.62. The van der Waals surface area contributed by atoms with Crippen LogP contribution in [0.15, 0.2) is 40.2 Å². The first-order valence-corrected chi connectivity index (χ1v) is 9.83. The van der Waals surface area contributed by atoms with Crippen LogP contribution < -0.4 is 11.1 Å². The highest BCUT2D eigenvalue weighted by molar-refractivity contribution is 14.0. The van der Waals surface area contributed by atoms with E-state index >= 15 is 0 Å². The molecule has 0 radical (unpaired) electrons. The van der Waals surface area contributed by atoms with Crippen LogP contribution in [0.4, 0.5) is 4.79 Å².